The van der Waals surface area contributed by atoms with E-state index in [0.29, 0.717) is 10.7 Å². The van der Waals surface area contributed by atoms with Gasteiger partial charge in [-0.25, -0.2) is 0 Å². The highest BCUT2D eigenvalue weighted by atomic mass is 79.9. The molecule has 0 bridgehead atoms. The summed E-state index contributed by atoms with van der Waals surface area (Å²) < 4.78 is 0. The minimum absolute atomic E-state index is 0. The van der Waals surface area contributed by atoms with Crippen LogP contribution in [0.1, 0.15) is 0 Å². The van der Waals surface area contributed by atoms with Gasteiger partial charge in [0, 0.05) is 62.5 Å². The maximum absolute atomic E-state index is 9.11. The van der Waals surface area contributed by atoms with E-state index < -0.39 is 12.0 Å². The number of aliphatic hydroxyl groups is 3. The molecule has 0 amide bonds. The lowest BCUT2D eigenvalue weighted by Gasteiger charge is -2.25. The first-order chi connectivity index (χ1) is 11.5. The van der Waals surface area contributed by atoms with Gasteiger partial charge in [-0.1, -0.05) is 47.2 Å². The number of azide groups is 3. The third kappa shape index (κ3) is 9.81. The molecule has 0 aromatic heterocycles. The van der Waals surface area contributed by atoms with Gasteiger partial charge in [0.1, 0.15) is 0 Å². The van der Waals surface area contributed by atoms with E-state index in [1.165, 1.54) is 0 Å². The molecule has 0 aliphatic heterocycles. The second-order valence-electron chi connectivity index (χ2n) is 4.91. The van der Waals surface area contributed by atoms with E-state index in [9.17, 15) is 0 Å². The lowest BCUT2D eigenvalue weighted by atomic mass is 9.89. The van der Waals surface area contributed by atoms with Crippen LogP contribution in [0, 0.1) is 10.8 Å². The van der Waals surface area contributed by atoms with Gasteiger partial charge in [0.2, 0.25) is 0 Å². The maximum atomic E-state index is 9.11. The molecule has 0 aliphatic carbocycles. The standard InChI is InChI=1S/C5H10Br2O2.C5H9N9O/c6-1-5(2-7,3-8)4-9;6-12-9-1-5(4-15,2-10-13-7)3-11-14-8/h8-9H,1-4H2;15H,1-4H2. The number of hydrogen-bond acceptors (Lipinski definition) is 6. The Kier molecular flexibility index (Phi) is 16.0. The van der Waals surface area contributed by atoms with Crippen molar-refractivity contribution in [1.82, 2.24) is 0 Å². The summed E-state index contributed by atoms with van der Waals surface area (Å²) in [6.45, 7) is -0.696. The number of nitrogens with zero attached hydrogens (tertiary/aromatic N) is 9. The van der Waals surface area contributed by atoms with Gasteiger partial charge in [-0.2, -0.15) is 0 Å². The fourth-order valence-corrected chi connectivity index (χ4v) is 2.74. The van der Waals surface area contributed by atoms with E-state index in [4.69, 9.17) is 31.9 Å². The molecule has 0 saturated carbocycles. The van der Waals surface area contributed by atoms with Crippen molar-refractivity contribution in [1.29, 1.82) is 0 Å². The summed E-state index contributed by atoms with van der Waals surface area (Å²) >= 11 is 6.41. The van der Waals surface area contributed by atoms with Crippen molar-refractivity contribution in [2.24, 2.45) is 26.2 Å². The lowest BCUT2D eigenvalue weighted by molar-refractivity contribution is 0.0952. The van der Waals surface area contributed by atoms with Crippen molar-refractivity contribution in [3.8, 4) is 0 Å². The average molecular weight is 473 g/mol. The largest absolute Gasteiger partial charge is 0.396 e. The molecule has 0 fully saturated rings. The van der Waals surface area contributed by atoms with Gasteiger partial charge in [-0.3, -0.25) is 0 Å². The fourth-order valence-electron chi connectivity index (χ4n) is 1.10. The molecule has 0 aromatic rings. The van der Waals surface area contributed by atoms with Crippen molar-refractivity contribution in [3.63, 3.8) is 0 Å². The van der Waals surface area contributed by atoms with Crippen molar-refractivity contribution >= 4 is 31.9 Å². The third-order valence-electron chi connectivity index (χ3n) is 2.98. The van der Waals surface area contributed by atoms with Crippen molar-refractivity contribution < 1.29 is 15.3 Å². The van der Waals surface area contributed by atoms with E-state index in [1.54, 1.807) is 0 Å². The average Bonchev–Trinajstić information content (AvgIpc) is 2.64. The van der Waals surface area contributed by atoms with Gasteiger partial charge in [-0.05, 0) is 16.6 Å². The molecule has 14 heteroatoms. The highest BCUT2D eigenvalue weighted by Gasteiger charge is 2.27. The molecule has 12 nitrogen and oxygen atoms in total. The van der Waals surface area contributed by atoms with Gasteiger partial charge in [-0.15, -0.1) is 0 Å². The molecule has 0 aromatic carbocycles. The molecule has 0 heterocycles. The van der Waals surface area contributed by atoms with E-state index >= 15 is 0 Å². The number of aliphatic hydroxyl groups excluding tert-OH is 3. The van der Waals surface area contributed by atoms with Gasteiger partial charge in [0.05, 0.1) is 13.2 Å². The number of hydrogen-bond donors (Lipinski definition) is 3. The summed E-state index contributed by atoms with van der Waals surface area (Å²) in [4.78, 5) is 7.59. The highest BCUT2D eigenvalue weighted by molar-refractivity contribution is 9.09. The second kappa shape index (κ2) is 15.3. The molecule has 0 rings (SSSR count). The van der Waals surface area contributed by atoms with Crippen LogP contribution < -0.4 is 0 Å². The second-order valence-corrected chi connectivity index (χ2v) is 6.03. The Bertz CT molecular complexity index is 416. The van der Waals surface area contributed by atoms with Crippen molar-refractivity contribution in [3.05, 3.63) is 31.3 Å². The van der Waals surface area contributed by atoms with Crippen LogP contribution in [-0.4, -0.2) is 65.4 Å². The molecule has 0 radical (unpaired) electrons. The lowest BCUT2D eigenvalue weighted by Crippen LogP contribution is -2.35. The number of halogens is 2. The molecular formula is C10H19Br2N9O3. The first-order valence-corrected chi connectivity index (χ1v) is 8.70. The van der Waals surface area contributed by atoms with E-state index in [2.05, 4.69) is 61.9 Å². The van der Waals surface area contributed by atoms with Crippen LogP contribution in [0.15, 0.2) is 15.3 Å². The first-order valence-electron chi connectivity index (χ1n) is 6.46. The minimum atomic E-state index is -1.01. The molecule has 136 valence electrons. The Hall–Kier alpha value is -1.23. The highest BCUT2D eigenvalue weighted by Crippen LogP contribution is 2.21. The quantitative estimate of drug-likeness (QED) is 0.179. The van der Waals surface area contributed by atoms with Gasteiger partial charge in [0.25, 0.3) is 0 Å². The SMILES string of the molecule is OCC(CO)(CBr)CBr.[N-]=[N+]=NCC(CO)(CN=[N+]=[N-])CN=[N+]=[N-]. The van der Waals surface area contributed by atoms with Crippen LogP contribution in [-0.2, 0) is 0 Å². The number of rotatable bonds is 11. The predicted molar refractivity (Wildman–Crippen MR) is 95.8 cm³/mol. The first kappa shape index (κ1) is 25.0. The summed E-state index contributed by atoms with van der Waals surface area (Å²) in [5.74, 6) is 0. The molecule has 0 unspecified atom stereocenters. The number of alkyl halides is 2. The van der Waals surface area contributed by atoms with Crippen molar-refractivity contribution in [2.75, 3.05) is 50.1 Å². The van der Waals surface area contributed by atoms with E-state index in [0.717, 1.165) is 0 Å². The molecule has 0 aliphatic rings. The molecule has 0 atom stereocenters. The van der Waals surface area contributed by atoms with Crippen LogP contribution in [0.5, 0.6) is 0 Å². The summed E-state index contributed by atoms with van der Waals surface area (Å²) in [5, 5.41) is 37.7. The van der Waals surface area contributed by atoms with Gasteiger partial charge < -0.3 is 15.3 Å². The van der Waals surface area contributed by atoms with E-state index in [1.807, 2.05) is 0 Å². The van der Waals surface area contributed by atoms with Gasteiger partial charge in [0.15, 0.2) is 0 Å². The predicted octanol–water partition coefficient (Wildman–Crippen LogP) is 2.64. The monoisotopic (exact) mass is 471 g/mol. The molecular weight excluding hydrogens is 454 g/mol. The summed E-state index contributed by atoms with van der Waals surface area (Å²) in [6, 6.07) is 0. The maximum Gasteiger partial charge on any atom is 0.0525 e. The van der Waals surface area contributed by atoms with Crippen LogP contribution in [0.2, 0.25) is 0 Å². The van der Waals surface area contributed by atoms with Crippen LogP contribution in [0.4, 0.5) is 0 Å². The Balaban J connectivity index is 0. The Labute approximate surface area is 155 Å². The van der Waals surface area contributed by atoms with Crippen LogP contribution >= 0.6 is 31.9 Å². The summed E-state index contributed by atoms with van der Waals surface area (Å²) in [5.41, 5.74) is 23.0. The van der Waals surface area contributed by atoms with Crippen LogP contribution in [0.3, 0.4) is 0 Å². The Morgan fingerprint density at radius 1 is 0.667 bits per heavy atom. The summed E-state index contributed by atoms with van der Waals surface area (Å²) in [7, 11) is 0. The third-order valence-corrected chi connectivity index (χ3v) is 5.36. The zero-order valence-electron chi connectivity index (χ0n) is 12.8. The van der Waals surface area contributed by atoms with E-state index in [-0.39, 0.29) is 38.3 Å². The zero-order valence-corrected chi connectivity index (χ0v) is 16.0. The van der Waals surface area contributed by atoms with Crippen LogP contribution in [0.25, 0.3) is 31.3 Å². The Morgan fingerprint density at radius 3 is 1.08 bits per heavy atom. The Morgan fingerprint density at radius 2 is 0.958 bits per heavy atom. The molecule has 0 saturated heterocycles. The normalized spacial score (nSPS) is 12.4. The summed E-state index contributed by atoms with van der Waals surface area (Å²) in [6.07, 6.45) is 0. The molecule has 3 N–H and O–H groups in total. The molecule has 24 heavy (non-hydrogen) atoms. The smallest absolute Gasteiger partial charge is 0.0525 e. The topological polar surface area (TPSA) is 207 Å². The molecule has 0 spiro atoms. The van der Waals surface area contributed by atoms with Gasteiger partial charge >= 0.3 is 0 Å². The van der Waals surface area contributed by atoms with Crippen molar-refractivity contribution in [2.45, 2.75) is 0 Å². The minimum Gasteiger partial charge on any atom is -0.396 e. The zero-order chi connectivity index (χ0) is 18.9. The fraction of sp³-hybridized carbons (Fsp3) is 1.00.